The van der Waals surface area contributed by atoms with Crippen molar-refractivity contribution in [2.24, 2.45) is 27.4 Å². The molecule has 4 aliphatic carbocycles. The van der Waals surface area contributed by atoms with E-state index < -0.39 is 39.6 Å². The second kappa shape index (κ2) is 4.69. The molecule has 0 aliphatic heterocycles. The fraction of sp³-hybridized carbons (Fsp3) is 0.812. The minimum atomic E-state index is -1.24. The predicted molar refractivity (Wildman–Crippen MR) is 78.6 cm³/mol. The monoisotopic (exact) mass is 325 g/mol. The summed E-state index contributed by atoms with van der Waals surface area (Å²) in [6.45, 7) is 0.433. The molecular weight excluding hydrogens is 302 g/mol. The van der Waals surface area contributed by atoms with E-state index in [9.17, 15) is 29.7 Å². The van der Waals surface area contributed by atoms with Crippen molar-refractivity contribution >= 4 is 17.9 Å². The van der Waals surface area contributed by atoms with Gasteiger partial charge in [0, 0.05) is 0 Å². The van der Waals surface area contributed by atoms with E-state index in [-0.39, 0.29) is 19.3 Å². The lowest BCUT2D eigenvalue weighted by Crippen LogP contribution is -2.66. The van der Waals surface area contributed by atoms with Crippen LogP contribution in [0.25, 0.3) is 0 Å². The smallest absolute Gasteiger partial charge is 0.309 e. The quantitative estimate of drug-likeness (QED) is 0.577. The minimum Gasteiger partial charge on any atom is -0.481 e. The molecule has 0 unspecified atom stereocenters. The lowest BCUT2D eigenvalue weighted by Gasteiger charge is -2.67. The van der Waals surface area contributed by atoms with Crippen LogP contribution >= 0.6 is 0 Å². The zero-order valence-corrected chi connectivity index (χ0v) is 13.0. The van der Waals surface area contributed by atoms with Gasteiger partial charge >= 0.3 is 17.9 Å². The van der Waals surface area contributed by atoms with Crippen molar-refractivity contribution < 1.29 is 29.7 Å². The maximum absolute atomic E-state index is 12.0. The molecule has 4 aliphatic rings. The molecule has 23 heavy (non-hydrogen) atoms. The molecule has 128 valence electrons. The van der Waals surface area contributed by atoms with Crippen LogP contribution in [0.2, 0.25) is 0 Å². The van der Waals surface area contributed by atoms with Crippen LogP contribution in [0.3, 0.4) is 0 Å². The topological polar surface area (TPSA) is 138 Å². The maximum atomic E-state index is 12.0. The Morgan fingerprint density at radius 3 is 1.35 bits per heavy atom. The maximum Gasteiger partial charge on any atom is 0.309 e. The zero-order valence-electron chi connectivity index (χ0n) is 13.0. The standard InChI is InChI=1S/C16H23NO6/c17-3-1-2-13-4-14(10(18)19)7-15(5-13,11(20)21)9-16(6-13,8-14)12(22)23/h1-9,17H2,(H,18,19)(H,20,21)(H,22,23). The molecule has 7 nitrogen and oxygen atoms in total. The molecule has 4 fully saturated rings. The van der Waals surface area contributed by atoms with Crippen LogP contribution in [0.5, 0.6) is 0 Å². The Kier molecular flexibility index (Phi) is 3.31. The van der Waals surface area contributed by atoms with Crippen molar-refractivity contribution in [3.05, 3.63) is 0 Å². The lowest BCUT2D eigenvalue weighted by molar-refractivity contribution is -0.227. The SMILES string of the molecule is NCCCC12CC3(C(=O)O)CC(C(=O)O)(C1)CC(C(=O)O)(C2)C3. The summed E-state index contributed by atoms with van der Waals surface area (Å²) in [5, 5.41) is 29.4. The molecule has 4 bridgehead atoms. The van der Waals surface area contributed by atoms with Gasteiger partial charge in [-0.1, -0.05) is 0 Å². The van der Waals surface area contributed by atoms with Crippen LogP contribution in [-0.4, -0.2) is 39.8 Å². The predicted octanol–water partition coefficient (Wildman–Crippen LogP) is 1.31. The molecule has 0 amide bonds. The van der Waals surface area contributed by atoms with Crippen LogP contribution < -0.4 is 5.73 Å². The van der Waals surface area contributed by atoms with Crippen molar-refractivity contribution in [3.8, 4) is 0 Å². The van der Waals surface area contributed by atoms with E-state index in [1.54, 1.807) is 0 Å². The van der Waals surface area contributed by atoms with E-state index >= 15 is 0 Å². The van der Waals surface area contributed by atoms with Gasteiger partial charge in [0.2, 0.25) is 0 Å². The molecule has 0 radical (unpaired) electrons. The van der Waals surface area contributed by atoms with Gasteiger partial charge in [0.1, 0.15) is 0 Å². The first-order valence-corrected chi connectivity index (χ1v) is 8.04. The Bertz CT molecular complexity index is 503. The van der Waals surface area contributed by atoms with E-state index in [4.69, 9.17) is 5.73 Å². The number of hydrogen-bond acceptors (Lipinski definition) is 4. The van der Waals surface area contributed by atoms with Crippen molar-refractivity contribution in [2.75, 3.05) is 6.54 Å². The molecular formula is C16H23NO6. The van der Waals surface area contributed by atoms with Crippen LogP contribution in [-0.2, 0) is 14.4 Å². The second-order valence-corrected chi connectivity index (χ2v) is 8.21. The molecule has 0 spiro atoms. The Morgan fingerprint density at radius 2 is 1.09 bits per heavy atom. The van der Waals surface area contributed by atoms with Crippen molar-refractivity contribution in [1.82, 2.24) is 0 Å². The summed E-state index contributed by atoms with van der Waals surface area (Å²) in [5.41, 5.74) is 1.34. The fourth-order valence-electron chi connectivity index (χ4n) is 6.27. The first-order valence-electron chi connectivity index (χ1n) is 8.04. The first kappa shape index (κ1) is 16.2. The van der Waals surface area contributed by atoms with E-state index in [1.165, 1.54) is 0 Å². The summed E-state index contributed by atoms with van der Waals surface area (Å²) in [7, 11) is 0. The van der Waals surface area contributed by atoms with Crippen LogP contribution in [0.1, 0.15) is 51.4 Å². The number of carboxylic acids is 3. The van der Waals surface area contributed by atoms with E-state index in [2.05, 4.69) is 0 Å². The van der Waals surface area contributed by atoms with Gasteiger partial charge < -0.3 is 21.1 Å². The van der Waals surface area contributed by atoms with Gasteiger partial charge in [-0.25, -0.2) is 0 Å². The number of nitrogens with two attached hydrogens (primary N) is 1. The second-order valence-electron chi connectivity index (χ2n) is 8.21. The number of rotatable bonds is 6. The Labute approximate surface area is 133 Å². The van der Waals surface area contributed by atoms with Crippen molar-refractivity contribution in [2.45, 2.75) is 51.4 Å². The highest BCUT2D eigenvalue weighted by molar-refractivity contribution is 5.86. The largest absolute Gasteiger partial charge is 0.481 e. The van der Waals surface area contributed by atoms with E-state index in [0.717, 1.165) is 0 Å². The van der Waals surface area contributed by atoms with Gasteiger partial charge in [-0.2, -0.15) is 0 Å². The lowest BCUT2D eigenvalue weighted by atomic mass is 9.34. The van der Waals surface area contributed by atoms with Gasteiger partial charge in [0.05, 0.1) is 16.2 Å². The van der Waals surface area contributed by atoms with Gasteiger partial charge in [0.25, 0.3) is 0 Å². The van der Waals surface area contributed by atoms with Gasteiger partial charge in [-0.05, 0) is 63.3 Å². The number of carbonyl (C=O) groups is 3. The van der Waals surface area contributed by atoms with Gasteiger partial charge in [0.15, 0.2) is 0 Å². The summed E-state index contributed by atoms with van der Waals surface area (Å²) in [6, 6.07) is 0. The summed E-state index contributed by atoms with van der Waals surface area (Å²) >= 11 is 0. The highest BCUT2D eigenvalue weighted by Gasteiger charge is 2.74. The Morgan fingerprint density at radius 1 is 0.739 bits per heavy atom. The number of carboxylic acid groups (broad SMARTS) is 3. The highest BCUT2D eigenvalue weighted by atomic mass is 16.4. The molecule has 5 N–H and O–H groups in total. The molecule has 4 saturated carbocycles. The van der Waals surface area contributed by atoms with Crippen molar-refractivity contribution in [3.63, 3.8) is 0 Å². The molecule has 0 aromatic heterocycles. The third-order valence-electron chi connectivity index (χ3n) is 6.44. The Balaban J connectivity index is 2.14. The summed E-state index contributed by atoms with van der Waals surface area (Å²) in [6.07, 6.45) is 2.51. The van der Waals surface area contributed by atoms with Crippen LogP contribution in [0, 0.1) is 21.7 Å². The molecule has 0 heterocycles. The van der Waals surface area contributed by atoms with Crippen LogP contribution in [0.15, 0.2) is 0 Å². The Hall–Kier alpha value is -1.63. The van der Waals surface area contributed by atoms with Gasteiger partial charge in [-0.15, -0.1) is 0 Å². The van der Waals surface area contributed by atoms with Gasteiger partial charge in [-0.3, -0.25) is 14.4 Å². The van der Waals surface area contributed by atoms with E-state index in [1.807, 2.05) is 0 Å². The van der Waals surface area contributed by atoms with Crippen molar-refractivity contribution in [1.29, 1.82) is 0 Å². The zero-order chi connectivity index (χ0) is 17.1. The minimum absolute atomic E-state index is 0.0457. The molecule has 0 aromatic carbocycles. The first-order chi connectivity index (χ1) is 10.6. The summed E-state index contributed by atoms with van der Waals surface area (Å²) in [4.78, 5) is 36.0. The normalized spacial score (nSPS) is 44.2. The van der Waals surface area contributed by atoms with Crippen LogP contribution in [0.4, 0.5) is 0 Å². The molecule has 0 saturated heterocycles. The highest BCUT2D eigenvalue weighted by Crippen LogP contribution is 2.75. The third kappa shape index (κ3) is 2.09. The average molecular weight is 325 g/mol. The summed E-state index contributed by atoms with van der Waals surface area (Å²) < 4.78 is 0. The van der Waals surface area contributed by atoms with E-state index in [0.29, 0.717) is 38.6 Å². The third-order valence-corrected chi connectivity index (χ3v) is 6.44. The average Bonchev–Trinajstić information content (AvgIpc) is 2.43. The summed E-state index contributed by atoms with van der Waals surface area (Å²) in [5.74, 6) is -3.15. The molecule has 0 aromatic rings. The molecule has 0 atom stereocenters. The molecule has 4 rings (SSSR count). The molecule has 7 heteroatoms. The fourth-order valence-corrected chi connectivity index (χ4v) is 6.27. The number of hydrogen-bond donors (Lipinski definition) is 4. The number of aliphatic carboxylic acids is 3.